The van der Waals surface area contributed by atoms with Gasteiger partial charge in [-0.25, -0.2) is 0 Å². The van der Waals surface area contributed by atoms with Gasteiger partial charge < -0.3 is 10.1 Å². The molecule has 0 bridgehead atoms. The first-order valence-corrected chi connectivity index (χ1v) is 9.83. The van der Waals surface area contributed by atoms with Gasteiger partial charge in [-0.05, 0) is 37.4 Å². The maximum atomic E-state index is 12.4. The van der Waals surface area contributed by atoms with Crippen molar-refractivity contribution in [1.29, 1.82) is 0 Å². The fourth-order valence-electron chi connectivity index (χ4n) is 2.80. The lowest BCUT2D eigenvalue weighted by Gasteiger charge is -2.14. The van der Waals surface area contributed by atoms with E-state index in [-0.39, 0.29) is 18.6 Å². The Morgan fingerprint density at radius 3 is 2.50 bits per heavy atom. The van der Waals surface area contributed by atoms with Crippen LogP contribution in [-0.2, 0) is 14.3 Å². The van der Waals surface area contributed by atoms with Crippen molar-refractivity contribution in [2.75, 3.05) is 5.32 Å². The Bertz CT molecular complexity index is 1020. The van der Waals surface area contributed by atoms with Crippen molar-refractivity contribution in [3.8, 4) is 0 Å². The molecule has 0 aliphatic carbocycles. The van der Waals surface area contributed by atoms with Crippen LogP contribution < -0.4 is 5.32 Å². The average molecular weight is 395 g/mol. The van der Waals surface area contributed by atoms with E-state index in [0.29, 0.717) is 10.6 Å². The highest BCUT2D eigenvalue weighted by Crippen LogP contribution is 2.23. The summed E-state index contributed by atoms with van der Waals surface area (Å²) < 4.78 is 5.19. The second-order valence-corrected chi connectivity index (χ2v) is 7.77. The summed E-state index contributed by atoms with van der Waals surface area (Å²) >= 11 is 1.40. The molecule has 0 unspecified atom stereocenters. The van der Waals surface area contributed by atoms with Gasteiger partial charge in [0.15, 0.2) is 11.9 Å². The molecule has 6 heteroatoms. The minimum atomic E-state index is -0.953. The lowest BCUT2D eigenvalue weighted by Crippen LogP contribution is -2.30. The maximum Gasteiger partial charge on any atom is 0.307 e. The van der Waals surface area contributed by atoms with Gasteiger partial charge in [-0.3, -0.25) is 14.4 Å². The van der Waals surface area contributed by atoms with Crippen LogP contribution in [0.2, 0.25) is 0 Å². The highest BCUT2D eigenvalue weighted by atomic mass is 32.1. The predicted molar refractivity (Wildman–Crippen MR) is 111 cm³/mol. The summed E-state index contributed by atoms with van der Waals surface area (Å²) in [6, 6.07) is 16.9. The standard InChI is InChI=1S/C22H21NO4S/c1-14-10-12-20(28-14)19(24)11-13-21(25)27-15(2)22(26)23-18-9-5-7-16-6-3-4-8-17(16)18/h3-10,12,15H,11,13H2,1-2H3,(H,23,26)/t15-/m0/s1. The molecule has 144 valence electrons. The highest BCUT2D eigenvalue weighted by molar-refractivity contribution is 7.14. The number of thiophene rings is 1. The number of esters is 1. The second-order valence-electron chi connectivity index (χ2n) is 6.48. The van der Waals surface area contributed by atoms with E-state index >= 15 is 0 Å². The zero-order valence-electron chi connectivity index (χ0n) is 15.7. The largest absolute Gasteiger partial charge is 0.453 e. The molecule has 3 aromatic rings. The zero-order valence-corrected chi connectivity index (χ0v) is 16.5. The lowest BCUT2D eigenvalue weighted by molar-refractivity contribution is -0.153. The number of nitrogens with one attached hydrogen (secondary N) is 1. The van der Waals surface area contributed by atoms with Crippen molar-refractivity contribution in [2.24, 2.45) is 0 Å². The van der Waals surface area contributed by atoms with Gasteiger partial charge in [0.25, 0.3) is 5.91 Å². The summed E-state index contributed by atoms with van der Waals surface area (Å²) in [5, 5.41) is 4.72. The summed E-state index contributed by atoms with van der Waals surface area (Å²) in [7, 11) is 0. The topological polar surface area (TPSA) is 72.5 Å². The number of carbonyl (C=O) groups excluding carboxylic acids is 3. The van der Waals surface area contributed by atoms with E-state index in [4.69, 9.17) is 4.74 Å². The van der Waals surface area contributed by atoms with Crippen molar-refractivity contribution in [3.63, 3.8) is 0 Å². The Labute approximate surface area is 167 Å². The number of rotatable bonds is 7. The molecule has 1 aromatic heterocycles. The predicted octanol–water partition coefficient (Wildman–Crippen LogP) is 4.74. The Kier molecular flexibility index (Phi) is 6.21. The number of Topliss-reactive ketones (excluding diaryl/α,β-unsaturated/α-hetero) is 1. The minimum Gasteiger partial charge on any atom is -0.453 e. The molecule has 0 aliphatic rings. The van der Waals surface area contributed by atoms with E-state index in [1.807, 2.05) is 49.4 Å². The van der Waals surface area contributed by atoms with Crippen LogP contribution in [0.25, 0.3) is 10.8 Å². The molecular formula is C22H21NO4S. The molecule has 0 spiro atoms. The van der Waals surface area contributed by atoms with Gasteiger partial charge in [-0.1, -0.05) is 36.4 Å². The summed E-state index contributed by atoms with van der Waals surface area (Å²) in [4.78, 5) is 38.2. The lowest BCUT2D eigenvalue weighted by atomic mass is 10.1. The number of anilines is 1. The quantitative estimate of drug-likeness (QED) is 0.463. The summed E-state index contributed by atoms with van der Waals surface area (Å²) in [5.74, 6) is -1.07. The van der Waals surface area contributed by atoms with E-state index in [9.17, 15) is 14.4 Å². The van der Waals surface area contributed by atoms with Crippen LogP contribution in [0.3, 0.4) is 0 Å². The Balaban J connectivity index is 1.53. The van der Waals surface area contributed by atoms with E-state index < -0.39 is 18.0 Å². The number of hydrogen-bond donors (Lipinski definition) is 1. The van der Waals surface area contributed by atoms with Gasteiger partial charge in [-0.15, -0.1) is 11.3 Å². The van der Waals surface area contributed by atoms with Crippen molar-refractivity contribution in [2.45, 2.75) is 32.8 Å². The van der Waals surface area contributed by atoms with Gasteiger partial charge in [0.2, 0.25) is 0 Å². The first-order chi connectivity index (χ1) is 13.4. The summed E-state index contributed by atoms with van der Waals surface area (Å²) in [6.07, 6.45) is -0.941. The van der Waals surface area contributed by atoms with Crippen LogP contribution in [0.15, 0.2) is 54.6 Å². The fraction of sp³-hybridized carbons (Fsp3) is 0.227. The molecule has 2 aromatic carbocycles. The van der Waals surface area contributed by atoms with E-state index in [1.54, 1.807) is 12.1 Å². The molecule has 1 atom stereocenters. The molecule has 1 N–H and O–H groups in total. The third-order valence-corrected chi connectivity index (χ3v) is 5.34. The van der Waals surface area contributed by atoms with Crippen molar-refractivity contribution < 1.29 is 19.1 Å². The first kappa shape index (κ1) is 19.8. The van der Waals surface area contributed by atoms with E-state index in [0.717, 1.165) is 15.6 Å². The maximum absolute atomic E-state index is 12.4. The normalized spacial score (nSPS) is 11.8. The number of hydrogen-bond acceptors (Lipinski definition) is 5. The molecule has 0 fully saturated rings. The number of ketones is 1. The third kappa shape index (κ3) is 4.84. The monoisotopic (exact) mass is 395 g/mol. The summed E-state index contributed by atoms with van der Waals surface area (Å²) in [5.41, 5.74) is 0.661. The van der Waals surface area contributed by atoms with Gasteiger partial charge in [0, 0.05) is 22.4 Å². The number of amides is 1. The molecule has 3 rings (SSSR count). The smallest absolute Gasteiger partial charge is 0.307 e. The molecule has 5 nitrogen and oxygen atoms in total. The number of aryl methyl sites for hydroxylation is 1. The van der Waals surface area contributed by atoms with Gasteiger partial charge in [0.05, 0.1) is 11.3 Å². The molecule has 1 amide bonds. The van der Waals surface area contributed by atoms with E-state index in [1.165, 1.54) is 18.3 Å². The number of fused-ring (bicyclic) bond motifs is 1. The van der Waals surface area contributed by atoms with Crippen LogP contribution >= 0.6 is 11.3 Å². The molecule has 0 aliphatic heterocycles. The van der Waals surface area contributed by atoms with Gasteiger partial charge >= 0.3 is 5.97 Å². The molecular weight excluding hydrogens is 374 g/mol. The van der Waals surface area contributed by atoms with Crippen LogP contribution in [0.4, 0.5) is 5.69 Å². The minimum absolute atomic E-state index is 0.0539. The number of carbonyl (C=O) groups is 3. The Hall–Kier alpha value is -2.99. The van der Waals surface area contributed by atoms with Crippen molar-refractivity contribution in [1.82, 2.24) is 0 Å². The summed E-state index contributed by atoms with van der Waals surface area (Å²) in [6.45, 7) is 3.44. The first-order valence-electron chi connectivity index (χ1n) is 9.02. The highest BCUT2D eigenvalue weighted by Gasteiger charge is 2.19. The third-order valence-electron chi connectivity index (χ3n) is 4.30. The second kappa shape index (κ2) is 8.80. The molecule has 0 radical (unpaired) electrons. The Morgan fingerprint density at radius 2 is 1.75 bits per heavy atom. The van der Waals surface area contributed by atoms with Crippen molar-refractivity contribution in [3.05, 3.63) is 64.4 Å². The zero-order chi connectivity index (χ0) is 20.1. The molecule has 0 saturated carbocycles. The van der Waals surface area contributed by atoms with Gasteiger partial charge in [-0.2, -0.15) is 0 Å². The number of ether oxygens (including phenoxy) is 1. The van der Waals surface area contributed by atoms with Crippen LogP contribution in [0.5, 0.6) is 0 Å². The van der Waals surface area contributed by atoms with Crippen LogP contribution in [0, 0.1) is 6.92 Å². The van der Waals surface area contributed by atoms with E-state index in [2.05, 4.69) is 5.32 Å². The van der Waals surface area contributed by atoms with Crippen molar-refractivity contribution >= 4 is 45.5 Å². The molecule has 1 heterocycles. The van der Waals surface area contributed by atoms with Gasteiger partial charge in [0.1, 0.15) is 0 Å². The SMILES string of the molecule is Cc1ccc(C(=O)CCC(=O)O[C@@H](C)C(=O)Nc2cccc3ccccc23)s1. The fourth-order valence-corrected chi connectivity index (χ4v) is 3.64. The Morgan fingerprint density at radius 1 is 1.00 bits per heavy atom. The number of benzene rings is 2. The average Bonchev–Trinajstić information content (AvgIpc) is 3.13. The van der Waals surface area contributed by atoms with Crippen LogP contribution in [-0.4, -0.2) is 23.8 Å². The van der Waals surface area contributed by atoms with Crippen LogP contribution in [0.1, 0.15) is 34.3 Å². The molecule has 0 saturated heterocycles. The molecule has 28 heavy (non-hydrogen) atoms.